The van der Waals surface area contributed by atoms with Crippen molar-refractivity contribution in [2.75, 3.05) is 19.8 Å². The highest BCUT2D eigenvalue weighted by Gasteiger charge is 2.16. The number of hydrogen-bond donors (Lipinski definition) is 3. The van der Waals surface area contributed by atoms with Gasteiger partial charge in [-0.05, 0) is 59.0 Å². The molecule has 1 unspecified atom stereocenters. The first kappa shape index (κ1) is 23.5. The lowest BCUT2D eigenvalue weighted by Gasteiger charge is -2.19. The lowest BCUT2D eigenvalue weighted by Crippen LogP contribution is -2.39. The number of aliphatic hydroxyl groups is 1. The lowest BCUT2D eigenvalue weighted by molar-refractivity contribution is -0.140. The molecule has 176 valence electrons. The third-order valence-corrected chi connectivity index (χ3v) is 5.76. The molecule has 3 aromatic rings. The molecule has 3 aromatic carbocycles. The smallest absolute Gasteiger partial charge is 0.323 e. The van der Waals surface area contributed by atoms with Gasteiger partial charge in [-0.1, -0.05) is 42.5 Å². The molecule has 0 saturated heterocycles. The largest absolute Gasteiger partial charge is 0.486 e. The van der Waals surface area contributed by atoms with Gasteiger partial charge in [0.1, 0.15) is 25.1 Å². The van der Waals surface area contributed by atoms with Crippen molar-refractivity contribution >= 4 is 18.1 Å². The fraction of sp³-hybridized carbons (Fsp3) is 0.222. The molecule has 0 fully saturated rings. The molecule has 0 amide bonds. The Balaban J connectivity index is 1.56. The molecule has 0 aromatic heterocycles. The number of carboxylic acids is 1. The number of rotatable bonds is 8. The Morgan fingerprint density at radius 1 is 1.06 bits per heavy atom. The van der Waals surface area contributed by atoms with Gasteiger partial charge in [0.2, 0.25) is 0 Å². The van der Waals surface area contributed by atoms with Gasteiger partial charge in [0, 0.05) is 12.1 Å². The van der Waals surface area contributed by atoms with Crippen LogP contribution >= 0.6 is 0 Å². The van der Waals surface area contributed by atoms with E-state index in [0.29, 0.717) is 24.3 Å². The molecular weight excluding hydrogens is 437 g/mol. The Hall–Kier alpha value is -3.68. The van der Waals surface area contributed by atoms with Gasteiger partial charge < -0.3 is 19.7 Å². The zero-order chi connectivity index (χ0) is 24.1. The first-order chi connectivity index (χ1) is 16.5. The molecular formula is C27H26FNO5. The zero-order valence-electron chi connectivity index (χ0n) is 18.8. The second kappa shape index (κ2) is 10.5. The molecule has 0 spiro atoms. The molecule has 0 aliphatic carbocycles. The van der Waals surface area contributed by atoms with Crippen molar-refractivity contribution in [3.05, 3.63) is 82.7 Å². The Morgan fingerprint density at radius 2 is 1.82 bits per heavy atom. The summed E-state index contributed by atoms with van der Waals surface area (Å²) in [4.78, 5) is 11.1. The summed E-state index contributed by atoms with van der Waals surface area (Å²) in [7, 11) is 0. The minimum absolute atomic E-state index is 0.192. The van der Waals surface area contributed by atoms with Crippen molar-refractivity contribution in [3.63, 3.8) is 0 Å². The van der Waals surface area contributed by atoms with Crippen LogP contribution in [0.2, 0.25) is 0 Å². The third-order valence-electron chi connectivity index (χ3n) is 5.76. The average Bonchev–Trinajstić information content (AvgIpc) is 2.84. The van der Waals surface area contributed by atoms with Crippen LogP contribution in [-0.4, -0.2) is 42.0 Å². The third kappa shape index (κ3) is 5.27. The molecule has 1 atom stereocenters. The summed E-state index contributed by atoms with van der Waals surface area (Å²) in [6.07, 6.45) is 3.57. The molecule has 4 rings (SSSR count). The van der Waals surface area contributed by atoms with E-state index in [0.717, 1.165) is 33.8 Å². The fourth-order valence-corrected chi connectivity index (χ4v) is 3.84. The predicted octanol–water partition coefficient (Wildman–Crippen LogP) is 4.28. The molecule has 1 aliphatic rings. The highest BCUT2D eigenvalue weighted by atomic mass is 19.1. The van der Waals surface area contributed by atoms with E-state index in [1.807, 2.05) is 49.4 Å². The fourth-order valence-electron chi connectivity index (χ4n) is 3.84. The number of carbonyl (C=O) groups is 1. The topological polar surface area (TPSA) is 88.0 Å². The van der Waals surface area contributed by atoms with E-state index in [4.69, 9.17) is 19.7 Å². The van der Waals surface area contributed by atoms with Gasteiger partial charge in [-0.15, -0.1) is 0 Å². The van der Waals surface area contributed by atoms with E-state index >= 15 is 0 Å². The number of benzene rings is 3. The van der Waals surface area contributed by atoms with Gasteiger partial charge in [0.05, 0.1) is 6.61 Å². The number of ether oxygens (including phenoxy) is 2. The average molecular weight is 464 g/mol. The van der Waals surface area contributed by atoms with Crippen molar-refractivity contribution in [1.29, 1.82) is 0 Å². The summed E-state index contributed by atoms with van der Waals surface area (Å²) < 4.78 is 25.8. The van der Waals surface area contributed by atoms with Crippen LogP contribution in [-0.2, 0) is 11.3 Å². The van der Waals surface area contributed by atoms with E-state index < -0.39 is 18.6 Å². The molecule has 6 nitrogen and oxygen atoms in total. The van der Waals surface area contributed by atoms with Gasteiger partial charge in [-0.3, -0.25) is 10.1 Å². The Labute approximate surface area is 197 Å². The van der Waals surface area contributed by atoms with Crippen LogP contribution in [0.4, 0.5) is 4.39 Å². The van der Waals surface area contributed by atoms with Crippen LogP contribution in [0.1, 0.15) is 22.3 Å². The number of hydrogen-bond acceptors (Lipinski definition) is 5. The van der Waals surface area contributed by atoms with E-state index in [1.165, 1.54) is 6.07 Å². The molecule has 1 aliphatic heterocycles. The van der Waals surface area contributed by atoms with Crippen LogP contribution in [0, 0.1) is 12.7 Å². The van der Waals surface area contributed by atoms with Crippen LogP contribution in [0.15, 0.2) is 54.6 Å². The summed E-state index contributed by atoms with van der Waals surface area (Å²) in [5.41, 5.74) is 5.14. The van der Waals surface area contributed by atoms with Crippen molar-refractivity contribution in [3.8, 4) is 22.6 Å². The van der Waals surface area contributed by atoms with Crippen LogP contribution in [0.25, 0.3) is 23.3 Å². The minimum Gasteiger partial charge on any atom is -0.486 e. The first-order valence-corrected chi connectivity index (χ1v) is 11.0. The number of halogens is 1. The molecule has 34 heavy (non-hydrogen) atoms. The highest BCUT2D eigenvalue weighted by molar-refractivity contribution is 5.78. The maximum absolute atomic E-state index is 14.4. The SMILES string of the molecule is Cc1c(C=Cc2cc(CNC(CO)C(=O)O)ccc2F)cccc1-c1ccc2c(c1)OCCO2. The van der Waals surface area contributed by atoms with Crippen molar-refractivity contribution in [1.82, 2.24) is 5.32 Å². The van der Waals surface area contributed by atoms with Crippen LogP contribution < -0.4 is 14.8 Å². The summed E-state index contributed by atoms with van der Waals surface area (Å²) in [6.45, 7) is 2.75. The van der Waals surface area contributed by atoms with Gasteiger partial charge in [0.25, 0.3) is 0 Å². The van der Waals surface area contributed by atoms with Crippen LogP contribution in [0.3, 0.4) is 0 Å². The molecule has 7 heteroatoms. The lowest BCUT2D eigenvalue weighted by atomic mass is 9.95. The van der Waals surface area contributed by atoms with Gasteiger partial charge in [0.15, 0.2) is 11.5 Å². The van der Waals surface area contributed by atoms with E-state index in [2.05, 4.69) is 5.32 Å². The first-order valence-electron chi connectivity index (χ1n) is 11.0. The summed E-state index contributed by atoms with van der Waals surface area (Å²) in [6, 6.07) is 15.4. The van der Waals surface area contributed by atoms with Crippen LogP contribution in [0.5, 0.6) is 11.5 Å². The Morgan fingerprint density at radius 3 is 2.59 bits per heavy atom. The highest BCUT2D eigenvalue weighted by Crippen LogP contribution is 2.36. The molecule has 0 saturated carbocycles. The normalized spacial score (nSPS) is 13.7. The van der Waals surface area contributed by atoms with Gasteiger partial charge in [-0.2, -0.15) is 0 Å². The standard InChI is InChI=1S/C27H26FNO5/c1-17-19(3-2-4-22(17)20-8-10-25-26(14-20)34-12-11-33-25)6-7-21-13-18(5-9-23(21)28)15-29-24(16-30)27(31)32/h2-10,13-14,24,29-30H,11-12,15-16H2,1H3,(H,31,32). The van der Waals surface area contributed by atoms with Crippen molar-refractivity contribution in [2.45, 2.75) is 19.5 Å². The molecule has 0 radical (unpaired) electrons. The predicted molar refractivity (Wildman–Crippen MR) is 128 cm³/mol. The molecule has 3 N–H and O–H groups in total. The Bertz CT molecular complexity index is 1220. The minimum atomic E-state index is -1.14. The monoisotopic (exact) mass is 463 g/mol. The maximum Gasteiger partial charge on any atom is 0.323 e. The number of aliphatic carboxylic acids is 1. The van der Waals surface area contributed by atoms with Gasteiger partial charge >= 0.3 is 5.97 Å². The van der Waals surface area contributed by atoms with E-state index in [9.17, 15) is 9.18 Å². The second-order valence-electron chi connectivity index (χ2n) is 8.02. The maximum atomic E-state index is 14.4. The molecule has 1 heterocycles. The quantitative estimate of drug-likeness (QED) is 0.433. The second-order valence-corrected chi connectivity index (χ2v) is 8.02. The number of fused-ring (bicyclic) bond motifs is 1. The van der Waals surface area contributed by atoms with Crippen molar-refractivity contribution < 1.29 is 28.9 Å². The molecule has 0 bridgehead atoms. The summed E-state index contributed by atoms with van der Waals surface area (Å²) >= 11 is 0. The van der Waals surface area contributed by atoms with E-state index in [-0.39, 0.29) is 12.4 Å². The Kier molecular flexibility index (Phi) is 7.25. The number of aliphatic hydroxyl groups excluding tert-OH is 1. The number of carboxylic acid groups (broad SMARTS) is 1. The zero-order valence-corrected chi connectivity index (χ0v) is 18.8. The summed E-state index contributed by atoms with van der Waals surface area (Å²) in [5.74, 6) is -0.0548. The van der Waals surface area contributed by atoms with E-state index in [1.54, 1.807) is 18.2 Å². The summed E-state index contributed by atoms with van der Waals surface area (Å²) in [5, 5.41) is 20.9. The number of nitrogens with one attached hydrogen (secondary N) is 1. The van der Waals surface area contributed by atoms with Crippen molar-refractivity contribution in [2.24, 2.45) is 0 Å². The van der Waals surface area contributed by atoms with Gasteiger partial charge in [-0.25, -0.2) is 4.39 Å².